The van der Waals surface area contributed by atoms with E-state index in [1.165, 1.54) is 25.7 Å². The van der Waals surface area contributed by atoms with Crippen LogP contribution in [-0.4, -0.2) is 34.6 Å². The summed E-state index contributed by atoms with van der Waals surface area (Å²) in [5, 5.41) is 0.795. The second kappa shape index (κ2) is 4.88. The van der Waals surface area contributed by atoms with Crippen LogP contribution in [0.2, 0.25) is 0 Å². The Bertz CT molecular complexity index is 460. The summed E-state index contributed by atoms with van der Waals surface area (Å²) in [7, 11) is 0. The quantitative estimate of drug-likeness (QED) is 0.474. The largest absolute Gasteiger partial charge is 0.343 e. The maximum atomic E-state index is 11.3. The molecule has 1 aromatic rings. The van der Waals surface area contributed by atoms with Crippen molar-refractivity contribution in [3.8, 4) is 0 Å². The van der Waals surface area contributed by atoms with Gasteiger partial charge in [-0.05, 0) is 19.1 Å². The van der Waals surface area contributed by atoms with Crippen molar-refractivity contribution in [2.24, 2.45) is 0 Å². The number of hydrogen-bond acceptors (Lipinski definition) is 5. The van der Waals surface area contributed by atoms with Gasteiger partial charge in [-0.3, -0.25) is 0 Å². The number of aromatic nitrogens is 2. The van der Waals surface area contributed by atoms with Gasteiger partial charge in [0.25, 0.3) is 0 Å². The van der Waals surface area contributed by atoms with Crippen LogP contribution in [0.15, 0.2) is 11.4 Å². The Hall–Kier alpha value is -1.10. The van der Waals surface area contributed by atoms with Crippen molar-refractivity contribution < 1.29 is 4.79 Å². The Morgan fingerprint density at radius 3 is 2.89 bits per heavy atom. The molecule has 1 fully saturated rings. The number of nitrogens with zero attached hydrogens (tertiary/aromatic N) is 3. The van der Waals surface area contributed by atoms with E-state index in [1.807, 2.05) is 12.5 Å². The average molecular weight is 263 g/mol. The van der Waals surface area contributed by atoms with E-state index in [-0.39, 0.29) is 6.04 Å². The van der Waals surface area contributed by atoms with Gasteiger partial charge in [-0.15, -0.1) is 0 Å². The zero-order valence-electron chi connectivity index (χ0n) is 10.5. The predicted octanol–water partition coefficient (Wildman–Crippen LogP) is 2.07. The zero-order chi connectivity index (χ0) is 12.5. The van der Waals surface area contributed by atoms with Gasteiger partial charge < -0.3 is 9.69 Å². The summed E-state index contributed by atoms with van der Waals surface area (Å²) in [4.78, 5) is 22.5. The summed E-state index contributed by atoms with van der Waals surface area (Å²) < 4.78 is 0. The molecule has 0 N–H and O–H groups in total. The Morgan fingerprint density at radius 1 is 1.44 bits per heavy atom. The minimum absolute atomic E-state index is 0.0329. The van der Waals surface area contributed by atoms with Crippen LogP contribution in [0.25, 0.3) is 0 Å². The smallest absolute Gasteiger partial charge is 0.189 e. The molecule has 18 heavy (non-hydrogen) atoms. The third-order valence-electron chi connectivity index (χ3n) is 3.91. The van der Waals surface area contributed by atoms with E-state index >= 15 is 0 Å². The van der Waals surface area contributed by atoms with Crippen molar-refractivity contribution in [2.45, 2.75) is 49.3 Å². The molecule has 0 aromatic carbocycles. The summed E-state index contributed by atoms with van der Waals surface area (Å²) >= 11 is 1.55. The summed E-state index contributed by atoms with van der Waals surface area (Å²) in [5.74, 6) is 0.998. The molecule has 2 heterocycles. The fraction of sp³-hybridized carbons (Fsp3) is 0.615. The first-order chi connectivity index (χ1) is 8.83. The van der Waals surface area contributed by atoms with Crippen LogP contribution >= 0.6 is 11.8 Å². The number of carbonyl (C=O) groups excluding carboxylic acids is 1. The SMILES string of the molecule is CSc1ncc2c(n1)N(C1CCCC1)C(C=O)C2. The van der Waals surface area contributed by atoms with Crippen molar-refractivity contribution >= 4 is 23.9 Å². The van der Waals surface area contributed by atoms with Crippen LogP contribution in [0.5, 0.6) is 0 Å². The Morgan fingerprint density at radius 2 is 2.22 bits per heavy atom. The van der Waals surface area contributed by atoms with Gasteiger partial charge in [0.15, 0.2) is 5.16 Å². The maximum Gasteiger partial charge on any atom is 0.189 e. The molecule has 4 nitrogen and oxygen atoms in total. The lowest BCUT2D eigenvalue weighted by molar-refractivity contribution is -0.108. The van der Waals surface area contributed by atoms with Crippen LogP contribution in [-0.2, 0) is 11.2 Å². The van der Waals surface area contributed by atoms with Crippen LogP contribution in [0.4, 0.5) is 5.82 Å². The third kappa shape index (κ3) is 1.90. The van der Waals surface area contributed by atoms with Crippen molar-refractivity contribution in [2.75, 3.05) is 11.2 Å². The molecule has 0 saturated heterocycles. The summed E-state index contributed by atoms with van der Waals surface area (Å²) in [6, 6.07) is 0.459. The number of hydrogen-bond donors (Lipinski definition) is 0. The minimum atomic E-state index is -0.0329. The molecule has 0 radical (unpaired) electrons. The van der Waals surface area contributed by atoms with Gasteiger partial charge in [-0.1, -0.05) is 24.6 Å². The highest BCUT2D eigenvalue weighted by Gasteiger charge is 2.36. The van der Waals surface area contributed by atoms with Crippen molar-refractivity contribution in [1.29, 1.82) is 0 Å². The fourth-order valence-electron chi connectivity index (χ4n) is 3.07. The molecule has 1 atom stereocenters. The summed E-state index contributed by atoms with van der Waals surface area (Å²) in [5.41, 5.74) is 1.12. The van der Waals surface area contributed by atoms with Crippen LogP contribution < -0.4 is 4.90 Å². The van der Waals surface area contributed by atoms with Crippen molar-refractivity contribution in [3.05, 3.63) is 11.8 Å². The first kappa shape index (κ1) is 12.0. The first-order valence-electron chi connectivity index (χ1n) is 6.47. The molecular weight excluding hydrogens is 246 g/mol. The van der Waals surface area contributed by atoms with E-state index in [1.54, 1.807) is 11.8 Å². The number of thioether (sulfide) groups is 1. The Labute approximate surface area is 111 Å². The van der Waals surface area contributed by atoms with E-state index in [9.17, 15) is 4.79 Å². The molecule has 5 heteroatoms. The normalized spacial score (nSPS) is 23.4. The number of anilines is 1. The number of fused-ring (bicyclic) bond motifs is 1. The molecule has 1 aliphatic heterocycles. The highest BCUT2D eigenvalue weighted by atomic mass is 32.2. The zero-order valence-corrected chi connectivity index (χ0v) is 11.3. The highest BCUT2D eigenvalue weighted by Crippen LogP contribution is 2.36. The maximum absolute atomic E-state index is 11.3. The van der Waals surface area contributed by atoms with Gasteiger partial charge in [0.1, 0.15) is 12.1 Å². The monoisotopic (exact) mass is 263 g/mol. The fourth-order valence-corrected chi connectivity index (χ4v) is 3.40. The lowest BCUT2D eigenvalue weighted by Crippen LogP contribution is -2.40. The predicted molar refractivity (Wildman–Crippen MR) is 72.1 cm³/mol. The molecule has 0 amide bonds. The van der Waals surface area contributed by atoms with E-state index in [0.29, 0.717) is 6.04 Å². The van der Waals surface area contributed by atoms with Gasteiger partial charge in [0.2, 0.25) is 0 Å². The summed E-state index contributed by atoms with van der Waals surface area (Å²) in [6.07, 6.45) is 10.6. The van der Waals surface area contributed by atoms with E-state index in [0.717, 1.165) is 29.2 Å². The molecule has 0 bridgehead atoms. The lowest BCUT2D eigenvalue weighted by Gasteiger charge is -2.29. The Balaban J connectivity index is 1.98. The standard InChI is InChI=1S/C13H17N3OS/c1-18-13-14-7-9-6-11(8-17)16(12(9)15-13)10-4-2-3-5-10/h7-8,10-11H,2-6H2,1H3. The van der Waals surface area contributed by atoms with Gasteiger partial charge in [0, 0.05) is 24.2 Å². The molecule has 1 saturated carbocycles. The number of rotatable bonds is 3. The second-order valence-corrected chi connectivity index (χ2v) is 5.73. The molecule has 1 unspecified atom stereocenters. The van der Waals surface area contributed by atoms with Crippen LogP contribution in [0.3, 0.4) is 0 Å². The molecule has 1 aromatic heterocycles. The lowest BCUT2D eigenvalue weighted by atomic mass is 10.1. The van der Waals surface area contributed by atoms with Gasteiger partial charge in [-0.25, -0.2) is 9.97 Å². The van der Waals surface area contributed by atoms with Gasteiger partial charge in [-0.2, -0.15) is 0 Å². The Kier molecular flexibility index (Phi) is 3.24. The minimum Gasteiger partial charge on any atom is -0.343 e. The first-order valence-corrected chi connectivity index (χ1v) is 7.69. The van der Waals surface area contributed by atoms with Gasteiger partial charge >= 0.3 is 0 Å². The highest BCUT2D eigenvalue weighted by molar-refractivity contribution is 7.98. The molecule has 1 aliphatic carbocycles. The van der Waals surface area contributed by atoms with Crippen molar-refractivity contribution in [1.82, 2.24) is 9.97 Å². The van der Waals surface area contributed by atoms with Crippen LogP contribution in [0.1, 0.15) is 31.2 Å². The van der Waals surface area contributed by atoms with Gasteiger partial charge in [0.05, 0.1) is 6.04 Å². The third-order valence-corrected chi connectivity index (χ3v) is 4.47. The van der Waals surface area contributed by atoms with E-state index in [4.69, 9.17) is 0 Å². The molecule has 3 rings (SSSR count). The van der Waals surface area contributed by atoms with Crippen LogP contribution in [0, 0.1) is 0 Å². The average Bonchev–Trinajstić information content (AvgIpc) is 3.03. The molecule has 2 aliphatic rings. The molecule has 0 spiro atoms. The van der Waals surface area contributed by atoms with Crippen molar-refractivity contribution in [3.63, 3.8) is 0 Å². The molecule has 96 valence electrons. The van der Waals surface area contributed by atoms with E-state index < -0.39 is 0 Å². The molecular formula is C13H17N3OS. The summed E-state index contributed by atoms with van der Waals surface area (Å²) in [6.45, 7) is 0. The second-order valence-electron chi connectivity index (χ2n) is 4.96. The topological polar surface area (TPSA) is 46.1 Å². The van der Waals surface area contributed by atoms with E-state index in [2.05, 4.69) is 14.9 Å². The number of aldehydes is 1. The number of carbonyl (C=O) groups is 1.